The first-order chi connectivity index (χ1) is 13.6. The van der Waals surface area contributed by atoms with E-state index in [1.54, 1.807) is 55.5 Å². The smallest absolute Gasteiger partial charge is 0.340 e. The fraction of sp³-hybridized carbons (Fsp3) is 0.318. The van der Waals surface area contributed by atoms with Crippen LogP contribution < -0.4 is 10.6 Å². The van der Waals surface area contributed by atoms with Gasteiger partial charge in [0.15, 0.2) is 0 Å². The average molecular weight is 382 g/mol. The molecule has 6 heteroatoms. The van der Waals surface area contributed by atoms with E-state index in [0.717, 1.165) is 19.3 Å². The van der Waals surface area contributed by atoms with Crippen LogP contribution in [0, 0.1) is 0 Å². The maximum absolute atomic E-state index is 12.5. The molecule has 0 atom stereocenters. The van der Waals surface area contributed by atoms with Gasteiger partial charge in [-0.15, -0.1) is 0 Å². The number of carbonyl (C=O) groups excluding carboxylic acids is 3. The highest BCUT2D eigenvalue weighted by molar-refractivity contribution is 6.08. The Balaban J connectivity index is 2.02. The van der Waals surface area contributed by atoms with Crippen molar-refractivity contribution in [2.45, 2.75) is 33.1 Å². The number of esters is 1. The largest absolute Gasteiger partial charge is 0.462 e. The van der Waals surface area contributed by atoms with Crippen molar-refractivity contribution in [1.29, 1.82) is 0 Å². The quantitative estimate of drug-likeness (QED) is 0.506. The van der Waals surface area contributed by atoms with Gasteiger partial charge in [0.2, 0.25) is 0 Å². The van der Waals surface area contributed by atoms with Gasteiger partial charge in [-0.1, -0.05) is 31.9 Å². The van der Waals surface area contributed by atoms with Crippen LogP contribution in [0.4, 0.5) is 5.69 Å². The number of hydrogen-bond donors (Lipinski definition) is 2. The van der Waals surface area contributed by atoms with Gasteiger partial charge in [0.05, 0.1) is 17.9 Å². The number of nitrogens with one attached hydrogen (secondary N) is 2. The Morgan fingerprint density at radius 3 is 2.14 bits per heavy atom. The SMILES string of the molecule is CCCCCNC(=O)c1ccc(C(=O)Nc2ccccc2C(=O)OCC)cc1. The molecular weight excluding hydrogens is 356 g/mol. The van der Waals surface area contributed by atoms with E-state index < -0.39 is 5.97 Å². The highest BCUT2D eigenvalue weighted by atomic mass is 16.5. The second-order valence-corrected chi connectivity index (χ2v) is 6.26. The number of amides is 2. The standard InChI is InChI=1S/C22H26N2O4/c1-3-5-8-15-23-20(25)16-11-13-17(14-12-16)21(26)24-19-10-7-6-9-18(19)22(27)28-4-2/h6-7,9-14H,3-5,8,15H2,1-2H3,(H,23,25)(H,24,26). The van der Waals surface area contributed by atoms with E-state index in [1.807, 2.05) is 0 Å². The number of hydrogen-bond acceptors (Lipinski definition) is 4. The van der Waals surface area contributed by atoms with E-state index in [9.17, 15) is 14.4 Å². The fourth-order valence-corrected chi connectivity index (χ4v) is 2.63. The second kappa shape index (κ2) is 10.9. The zero-order valence-corrected chi connectivity index (χ0v) is 16.3. The van der Waals surface area contributed by atoms with Gasteiger partial charge in [0.25, 0.3) is 11.8 Å². The van der Waals surface area contributed by atoms with Gasteiger partial charge in [-0.2, -0.15) is 0 Å². The van der Waals surface area contributed by atoms with Crippen LogP contribution in [0.15, 0.2) is 48.5 Å². The van der Waals surface area contributed by atoms with Crippen molar-refractivity contribution in [3.8, 4) is 0 Å². The van der Waals surface area contributed by atoms with Crippen molar-refractivity contribution < 1.29 is 19.1 Å². The molecule has 0 unspecified atom stereocenters. The highest BCUT2D eigenvalue weighted by Gasteiger charge is 2.15. The number of rotatable bonds is 9. The molecule has 0 aliphatic rings. The third kappa shape index (κ3) is 5.94. The molecule has 28 heavy (non-hydrogen) atoms. The lowest BCUT2D eigenvalue weighted by atomic mass is 10.1. The van der Waals surface area contributed by atoms with Crippen molar-refractivity contribution in [2.75, 3.05) is 18.5 Å². The predicted octanol–water partition coefficient (Wildman–Crippen LogP) is 4.04. The van der Waals surface area contributed by atoms with Gasteiger partial charge in [0.1, 0.15) is 0 Å². The summed E-state index contributed by atoms with van der Waals surface area (Å²) in [5, 5.41) is 5.59. The third-order valence-corrected chi connectivity index (χ3v) is 4.15. The Morgan fingerprint density at radius 1 is 0.857 bits per heavy atom. The summed E-state index contributed by atoms with van der Waals surface area (Å²) in [5.74, 6) is -1.02. The molecule has 2 aromatic rings. The summed E-state index contributed by atoms with van der Waals surface area (Å²) in [5.41, 5.74) is 1.56. The molecule has 0 bridgehead atoms. The summed E-state index contributed by atoms with van der Waals surface area (Å²) in [4.78, 5) is 36.6. The maximum atomic E-state index is 12.5. The second-order valence-electron chi connectivity index (χ2n) is 6.26. The first kappa shape index (κ1) is 21.2. The summed E-state index contributed by atoms with van der Waals surface area (Å²) >= 11 is 0. The molecule has 0 spiro atoms. The normalized spacial score (nSPS) is 10.2. The number of para-hydroxylation sites is 1. The molecule has 148 valence electrons. The number of carbonyl (C=O) groups is 3. The van der Waals surface area contributed by atoms with E-state index in [2.05, 4.69) is 17.6 Å². The van der Waals surface area contributed by atoms with Gasteiger partial charge in [0, 0.05) is 17.7 Å². The summed E-state index contributed by atoms with van der Waals surface area (Å²) in [6.45, 7) is 4.72. The molecule has 0 radical (unpaired) electrons. The minimum atomic E-state index is -0.492. The maximum Gasteiger partial charge on any atom is 0.340 e. The summed E-state index contributed by atoms with van der Waals surface area (Å²) < 4.78 is 5.01. The lowest BCUT2D eigenvalue weighted by Gasteiger charge is -2.11. The molecule has 2 amide bonds. The molecule has 2 N–H and O–H groups in total. The van der Waals surface area contributed by atoms with Gasteiger partial charge >= 0.3 is 5.97 Å². The molecule has 0 aliphatic heterocycles. The van der Waals surface area contributed by atoms with Gasteiger partial charge < -0.3 is 15.4 Å². The van der Waals surface area contributed by atoms with E-state index >= 15 is 0 Å². The topological polar surface area (TPSA) is 84.5 Å². The highest BCUT2D eigenvalue weighted by Crippen LogP contribution is 2.17. The molecule has 0 saturated heterocycles. The molecule has 0 aliphatic carbocycles. The Bertz CT molecular complexity index is 816. The minimum absolute atomic E-state index is 0.157. The Hall–Kier alpha value is -3.15. The molecule has 0 aromatic heterocycles. The molecule has 0 heterocycles. The fourth-order valence-electron chi connectivity index (χ4n) is 2.63. The first-order valence-electron chi connectivity index (χ1n) is 9.52. The number of unbranched alkanes of at least 4 members (excludes halogenated alkanes) is 2. The van der Waals surface area contributed by atoms with Crippen LogP contribution in [0.1, 0.15) is 64.2 Å². The first-order valence-corrected chi connectivity index (χ1v) is 9.52. The molecule has 2 aromatic carbocycles. The van der Waals surface area contributed by atoms with Crippen LogP contribution in [-0.2, 0) is 4.74 Å². The monoisotopic (exact) mass is 382 g/mol. The van der Waals surface area contributed by atoms with E-state index in [-0.39, 0.29) is 18.4 Å². The molecule has 6 nitrogen and oxygen atoms in total. The zero-order valence-electron chi connectivity index (χ0n) is 16.3. The number of anilines is 1. The average Bonchev–Trinajstić information content (AvgIpc) is 2.71. The Labute approximate surface area is 165 Å². The lowest BCUT2D eigenvalue weighted by molar-refractivity contribution is 0.0527. The zero-order chi connectivity index (χ0) is 20.4. The number of benzene rings is 2. The van der Waals surface area contributed by atoms with Crippen molar-refractivity contribution in [3.63, 3.8) is 0 Å². The van der Waals surface area contributed by atoms with Crippen LogP contribution >= 0.6 is 0 Å². The van der Waals surface area contributed by atoms with Crippen LogP contribution in [0.25, 0.3) is 0 Å². The van der Waals surface area contributed by atoms with E-state index in [1.165, 1.54) is 0 Å². The minimum Gasteiger partial charge on any atom is -0.462 e. The van der Waals surface area contributed by atoms with Gasteiger partial charge in [-0.3, -0.25) is 9.59 Å². The molecule has 0 saturated carbocycles. The summed E-state index contributed by atoms with van der Waals surface area (Å²) in [7, 11) is 0. The Kier molecular flexibility index (Phi) is 8.21. The van der Waals surface area contributed by atoms with Crippen LogP contribution in [0.2, 0.25) is 0 Å². The van der Waals surface area contributed by atoms with E-state index in [4.69, 9.17) is 4.74 Å². The summed E-state index contributed by atoms with van der Waals surface area (Å²) in [6, 6.07) is 13.1. The Morgan fingerprint density at radius 2 is 1.50 bits per heavy atom. The van der Waals surface area contributed by atoms with Crippen molar-refractivity contribution in [2.24, 2.45) is 0 Å². The molecule has 2 rings (SSSR count). The predicted molar refractivity (Wildman–Crippen MR) is 109 cm³/mol. The lowest BCUT2D eigenvalue weighted by Crippen LogP contribution is -2.24. The number of ether oxygens (including phenoxy) is 1. The van der Waals surface area contributed by atoms with Crippen LogP contribution in [0.3, 0.4) is 0 Å². The van der Waals surface area contributed by atoms with Crippen LogP contribution in [-0.4, -0.2) is 30.9 Å². The van der Waals surface area contributed by atoms with E-state index in [0.29, 0.717) is 28.9 Å². The van der Waals surface area contributed by atoms with Crippen molar-refractivity contribution in [1.82, 2.24) is 5.32 Å². The molecule has 0 fully saturated rings. The van der Waals surface area contributed by atoms with Gasteiger partial charge in [-0.25, -0.2) is 4.79 Å². The third-order valence-electron chi connectivity index (χ3n) is 4.15. The summed E-state index contributed by atoms with van der Waals surface area (Å²) in [6.07, 6.45) is 3.12. The van der Waals surface area contributed by atoms with Gasteiger partial charge in [-0.05, 0) is 49.7 Å². The molecular formula is C22H26N2O4. The van der Waals surface area contributed by atoms with Crippen LogP contribution in [0.5, 0.6) is 0 Å². The van der Waals surface area contributed by atoms with Crippen molar-refractivity contribution >= 4 is 23.5 Å². The van der Waals surface area contributed by atoms with Crippen molar-refractivity contribution in [3.05, 3.63) is 65.2 Å².